The molecule has 1 unspecified atom stereocenters. The third-order valence-electron chi connectivity index (χ3n) is 2.15. The van der Waals surface area contributed by atoms with Crippen LogP contribution in [0.5, 0.6) is 0 Å². The van der Waals surface area contributed by atoms with Gasteiger partial charge in [-0.15, -0.1) is 0 Å². The Kier molecular flexibility index (Phi) is 12.7. The highest BCUT2D eigenvalue weighted by Crippen LogP contribution is 2.07. The SMILES string of the molecule is CCC(Br)CCNCCCOCCOC. The van der Waals surface area contributed by atoms with E-state index < -0.39 is 0 Å². The molecule has 0 radical (unpaired) electrons. The van der Waals surface area contributed by atoms with Gasteiger partial charge < -0.3 is 14.8 Å². The van der Waals surface area contributed by atoms with Gasteiger partial charge in [0.2, 0.25) is 0 Å². The molecule has 0 spiro atoms. The topological polar surface area (TPSA) is 30.5 Å². The second-order valence-electron chi connectivity index (χ2n) is 3.50. The molecule has 92 valence electrons. The molecule has 0 saturated carbocycles. The second kappa shape index (κ2) is 12.4. The molecule has 0 aliphatic rings. The molecule has 0 aromatic rings. The lowest BCUT2D eigenvalue weighted by Gasteiger charge is -2.08. The third kappa shape index (κ3) is 12.3. The smallest absolute Gasteiger partial charge is 0.0700 e. The third-order valence-corrected chi connectivity index (χ3v) is 3.26. The van der Waals surface area contributed by atoms with Gasteiger partial charge in [0, 0.05) is 18.5 Å². The van der Waals surface area contributed by atoms with Crippen LogP contribution in [0.2, 0.25) is 0 Å². The second-order valence-corrected chi connectivity index (χ2v) is 4.80. The van der Waals surface area contributed by atoms with Crippen molar-refractivity contribution in [1.29, 1.82) is 0 Å². The van der Waals surface area contributed by atoms with Crippen LogP contribution in [0.15, 0.2) is 0 Å². The van der Waals surface area contributed by atoms with Crippen LogP contribution in [0.1, 0.15) is 26.2 Å². The van der Waals surface area contributed by atoms with Gasteiger partial charge in [0.05, 0.1) is 13.2 Å². The summed E-state index contributed by atoms with van der Waals surface area (Å²) in [5.74, 6) is 0. The fourth-order valence-electron chi connectivity index (χ4n) is 1.13. The summed E-state index contributed by atoms with van der Waals surface area (Å²) in [6.07, 6.45) is 3.46. The van der Waals surface area contributed by atoms with Crippen molar-refractivity contribution in [3.8, 4) is 0 Å². The lowest BCUT2D eigenvalue weighted by molar-refractivity contribution is 0.0695. The van der Waals surface area contributed by atoms with Gasteiger partial charge in [-0.05, 0) is 32.4 Å². The van der Waals surface area contributed by atoms with Crippen molar-refractivity contribution < 1.29 is 9.47 Å². The van der Waals surface area contributed by atoms with Gasteiger partial charge in [-0.25, -0.2) is 0 Å². The first-order valence-electron chi connectivity index (χ1n) is 5.72. The fraction of sp³-hybridized carbons (Fsp3) is 1.00. The van der Waals surface area contributed by atoms with Gasteiger partial charge in [0.25, 0.3) is 0 Å². The summed E-state index contributed by atoms with van der Waals surface area (Å²) in [7, 11) is 1.69. The molecular weight excluding hydrogens is 258 g/mol. The fourth-order valence-corrected chi connectivity index (χ4v) is 1.36. The summed E-state index contributed by atoms with van der Waals surface area (Å²) in [6.45, 7) is 6.54. The van der Waals surface area contributed by atoms with Crippen LogP contribution in [-0.2, 0) is 9.47 Å². The molecule has 0 bridgehead atoms. The molecular formula is C11H24BrNO2. The lowest BCUT2D eigenvalue weighted by atomic mass is 10.2. The number of methoxy groups -OCH3 is 1. The molecule has 1 atom stereocenters. The highest BCUT2D eigenvalue weighted by Gasteiger charge is 1.98. The van der Waals surface area contributed by atoms with E-state index in [4.69, 9.17) is 9.47 Å². The summed E-state index contributed by atoms with van der Waals surface area (Å²) in [5, 5.41) is 3.40. The van der Waals surface area contributed by atoms with Crippen LogP contribution in [0.4, 0.5) is 0 Å². The van der Waals surface area contributed by atoms with E-state index in [9.17, 15) is 0 Å². The largest absolute Gasteiger partial charge is 0.382 e. The molecule has 0 aliphatic heterocycles. The standard InChI is InChI=1S/C11H24BrNO2/c1-3-11(12)5-7-13-6-4-8-15-10-9-14-2/h11,13H,3-10H2,1-2H3. The molecule has 0 amide bonds. The van der Waals surface area contributed by atoms with Crippen molar-refractivity contribution >= 4 is 15.9 Å². The Hall–Kier alpha value is 0.360. The van der Waals surface area contributed by atoms with Crippen LogP contribution in [0.25, 0.3) is 0 Å². The van der Waals surface area contributed by atoms with E-state index in [0.29, 0.717) is 18.0 Å². The summed E-state index contributed by atoms with van der Waals surface area (Å²) >= 11 is 3.61. The van der Waals surface area contributed by atoms with E-state index in [0.717, 1.165) is 26.1 Å². The van der Waals surface area contributed by atoms with Gasteiger partial charge in [0.1, 0.15) is 0 Å². The lowest BCUT2D eigenvalue weighted by Crippen LogP contribution is -2.20. The van der Waals surface area contributed by atoms with E-state index in [1.165, 1.54) is 12.8 Å². The average Bonchev–Trinajstić information content (AvgIpc) is 2.26. The monoisotopic (exact) mass is 281 g/mol. The minimum atomic E-state index is 0.656. The zero-order valence-electron chi connectivity index (χ0n) is 9.93. The first-order valence-corrected chi connectivity index (χ1v) is 6.64. The number of hydrogen-bond acceptors (Lipinski definition) is 3. The van der Waals surface area contributed by atoms with Gasteiger partial charge in [-0.1, -0.05) is 22.9 Å². The summed E-state index contributed by atoms with van der Waals surface area (Å²) in [4.78, 5) is 0.656. The number of rotatable bonds is 11. The van der Waals surface area contributed by atoms with Gasteiger partial charge in [-0.2, -0.15) is 0 Å². The number of halogens is 1. The molecule has 3 nitrogen and oxygen atoms in total. The number of ether oxygens (including phenoxy) is 2. The maximum Gasteiger partial charge on any atom is 0.0700 e. The molecule has 0 rings (SSSR count). The molecule has 15 heavy (non-hydrogen) atoms. The highest BCUT2D eigenvalue weighted by molar-refractivity contribution is 9.09. The Morgan fingerprint density at radius 1 is 1.20 bits per heavy atom. The zero-order valence-corrected chi connectivity index (χ0v) is 11.5. The summed E-state index contributed by atoms with van der Waals surface area (Å²) in [5.41, 5.74) is 0. The van der Waals surface area contributed by atoms with Crippen molar-refractivity contribution in [2.45, 2.75) is 31.0 Å². The van der Waals surface area contributed by atoms with E-state index >= 15 is 0 Å². The van der Waals surface area contributed by atoms with E-state index in [2.05, 4.69) is 28.2 Å². The van der Waals surface area contributed by atoms with E-state index in [1.54, 1.807) is 7.11 Å². The van der Waals surface area contributed by atoms with Gasteiger partial charge in [0.15, 0.2) is 0 Å². The van der Waals surface area contributed by atoms with Crippen LogP contribution in [-0.4, -0.2) is 44.8 Å². The zero-order chi connectivity index (χ0) is 11.4. The Labute approximate surface area is 102 Å². The van der Waals surface area contributed by atoms with Crippen molar-refractivity contribution in [3.63, 3.8) is 0 Å². The molecule has 0 heterocycles. The highest BCUT2D eigenvalue weighted by atomic mass is 79.9. The van der Waals surface area contributed by atoms with Gasteiger partial charge >= 0.3 is 0 Å². The first-order chi connectivity index (χ1) is 7.31. The van der Waals surface area contributed by atoms with Crippen LogP contribution < -0.4 is 5.32 Å². The quantitative estimate of drug-likeness (QED) is 0.465. The van der Waals surface area contributed by atoms with Crippen molar-refractivity contribution in [3.05, 3.63) is 0 Å². The molecule has 0 saturated heterocycles. The van der Waals surface area contributed by atoms with Crippen LogP contribution in [0, 0.1) is 0 Å². The number of hydrogen-bond donors (Lipinski definition) is 1. The summed E-state index contributed by atoms with van der Waals surface area (Å²) in [6, 6.07) is 0. The number of nitrogens with one attached hydrogen (secondary N) is 1. The Bertz CT molecular complexity index is 125. The molecule has 1 N–H and O–H groups in total. The predicted octanol–water partition coefficient (Wildman–Crippen LogP) is 2.19. The average molecular weight is 282 g/mol. The van der Waals surface area contributed by atoms with E-state index in [1.807, 2.05) is 0 Å². The maximum absolute atomic E-state index is 5.35. The Morgan fingerprint density at radius 3 is 2.67 bits per heavy atom. The van der Waals surface area contributed by atoms with Crippen molar-refractivity contribution in [2.75, 3.05) is 40.0 Å². The van der Waals surface area contributed by atoms with Crippen molar-refractivity contribution in [1.82, 2.24) is 5.32 Å². The molecule has 4 heteroatoms. The minimum absolute atomic E-state index is 0.656. The minimum Gasteiger partial charge on any atom is -0.382 e. The van der Waals surface area contributed by atoms with E-state index in [-0.39, 0.29) is 0 Å². The summed E-state index contributed by atoms with van der Waals surface area (Å²) < 4.78 is 10.2. The normalized spacial score (nSPS) is 13.0. The number of alkyl halides is 1. The molecule has 0 fully saturated rings. The Balaban J connectivity index is 2.92. The van der Waals surface area contributed by atoms with Crippen LogP contribution in [0.3, 0.4) is 0 Å². The Morgan fingerprint density at radius 2 is 2.00 bits per heavy atom. The van der Waals surface area contributed by atoms with Crippen molar-refractivity contribution in [2.24, 2.45) is 0 Å². The molecule has 0 aliphatic carbocycles. The predicted molar refractivity (Wildman–Crippen MR) is 67.8 cm³/mol. The molecule has 0 aromatic carbocycles. The van der Waals surface area contributed by atoms with Gasteiger partial charge in [-0.3, -0.25) is 0 Å². The first kappa shape index (κ1) is 15.4. The maximum atomic E-state index is 5.35. The van der Waals surface area contributed by atoms with Crippen LogP contribution >= 0.6 is 15.9 Å². The molecule has 0 aromatic heterocycles.